The van der Waals surface area contributed by atoms with Crippen LogP contribution in [0, 0.1) is 11.8 Å². The molecular weight excluding hydrogens is 470 g/mol. The smallest absolute Gasteiger partial charge is 0.326 e. The van der Waals surface area contributed by atoms with E-state index < -0.39 is 6.03 Å². The van der Waals surface area contributed by atoms with Crippen LogP contribution in [0.1, 0.15) is 44.1 Å². The number of nitrogens with zero attached hydrogens (tertiary/aromatic N) is 3. The summed E-state index contributed by atoms with van der Waals surface area (Å²) in [5.41, 5.74) is 1.42. The van der Waals surface area contributed by atoms with Gasteiger partial charge in [0.25, 0.3) is 0 Å². The van der Waals surface area contributed by atoms with E-state index in [2.05, 4.69) is 37.5 Å². The summed E-state index contributed by atoms with van der Waals surface area (Å²) in [5.74, 6) is 8.47. The number of anilines is 2. The Balaban J connectivity index is 1.21. The van der Waals surface area contributed by atoms with Gasteiger partial charge >= 0.3 is 6.03 Å². The Labute approximate surface area is 217 Å². The van der Waals surface area contributed by atoms with E-state index in [1.807, 2.05) is 45.0 Å². The highest BCUT2D eigenvalue weighted by molar-refractivity contribution is 5.98. The molecule has 2 amide bonds. The minimum atomic E-state index is -0.455. The number of ether oxygens (including phenoxy) is 2. The largest absolute Gasteiger partial charge is 0.494 e. The van der Waals surface area contributed by atoms with Crippen LogP contribution in [-0.2, 0) is 10.2 Å². The molecule has 0 spiro atoms. The number of aromatic nitrogens is 2. The molecule has 2 N–H and O–H groups in total. The van der Waals surface area contributed by atoms with Crippen molar-refractivity contribution in [3.63, 3.8) is 0 Å². The first-order valence-corrected chi connectivity index (χ1v) is 12.4. The van der Waals surface area contributed by atoms with Crippen molar-refractivity contribution in [1.29, 1.82) is 0 Å². The van der Waals surface area contributed by atoms with Gasteiger partial charge in [0.05, 0.1) is 19.8 Å². The first-order chi connectivity index (χ1) is 17.8. The summed E-state index contributed by atoms with van der Waals surface area (Å²) in [7, 11) is 0. The molecule has 9 heteroatoms. The summed E-state index contributed by atoms with van der Waals surface area (Å²) in [4.78, 5) is 18.9. The van der Waals surface area contributed by atoms with Crippen molar-refractivity contribution in [2.45, 2.75) is 32.6 Å². The van der Waals surface area contributed by atoms with Crippen LogP contribution in [0.2, 0.25) is 0 Å². The van der Waals surface area contributed by atoms with Crippen LogP contribution in [0.15, 0.2) is 53.2 Å². The molecule has 1 aromatic carbocycles. The lowest BCUT2D eigenvalue weighted by Crippen LogP contribution is -2.37. The predicted molar refractivity (Wildman–Crippen MR) is 142 cm³/mol. The zero-order valence-corrected chi connectivity index (χ0v) is 21.5. The van der Waals surface area contributed by atoms with Crippen molar-refractivity contribution in [2.75, 3.05) is 50.1 Å². The molecule has 194 valence electrons. The zero-order valence-electron chi connectivity index (χ0n) is 21.5. The number of pyridine rings is 1. The van der Waals surface area contributed by atoms with Crippen LogP contribution >= 0.6 is 0 Å². The highest BCUT2D eigenvalue weighted by Gasteiger charge is 2.20. The van der Waals surface area contributed by atoms with Crippen LogP contribution < -0.4 is 15.4 Å². The van der Waals surface area contributed by atoms with Crippen molar-refractivity contribution in [3.05, 3.63) is 65.5 Å². The molecule has 37 heavy (non-hydrogen) atoms. The first-order valence-electron chi connectivity index (χ1n) is 12.4. The Hall–Kier alpha value is -3.87. The lowest BCUT2D eigenvalue weighted by atomic mass is 9.93. The molecule has 0 unspecified atom stereocenters. The minimum Gasteiger partial charge on any atom is -0.494 e. The number of nitrogens with one attached hydrogen (secondary N) is 2. The van der Waals surface area contributed by atoms with Gasteiger partial charge in [-0.3, -0.25) is 15.5 Å². The molecule has 1 aliphatic rings. The fraction of sp³-hybridized carbons (Fsp3) is 0.393. The average molecular weight is 504 g/mol. The van der Waals surface area contributed by atoms with Gasteiger partial charge in [-0.1, -0.05) is 37.8 Å². The maximum Gasteiger partial charge on any atom is 0.326 e. The molecule has 1 saturated heterocycles. The highest BCUT2D eigenvalue weighted by atomic mass is 16.5. The van der Waals surface area contributed by atoms with Gasteiger partial charge in [0.15, 0.2) is 5.82 Å². The van der Waals surface area contributed by atoms with E-state index in [1.54, 1.807) is 24.4 Å². The molecule has 9 nitrogen and oxygen atoms in total. The van der Waals surface area contributed by atoms with E-state index in [0.717, 1.165) is 56.1 Å². The summed E-state index contributed by atoms with van der Waals surface area (Å²) in [6.07, 6.45) is 2.60. The summed E-state index contributed by atoms with van der Waals surface area (Å²) in [6, 6.07) is 12.5. The fourth-order valence-electron chi connectivity index (χ4n) is 3.57. The van der Waals surface area contributed by atoms with Crippen molar-refractivity contribution in [3.8, 4) is 17.6 Å². The Morgan fingerprint density at radius 3 is 2.41 bits per heavy atom. The molecule has 4 rings (SSSR count). The van der Waals surface area contributed by atoms with Crippen LogP contribution in [0.25, 0.3) is 0 Å². The molecule has 0 aliphatic carbocycles. The molecular formula is C28H33N5O4. The van der Waals surface area contributed by atoms with Gasteiger partial charge < -0.3 is 14.0 Å². The monoisotopic (exact) mass is 503 g/mol. The number of hydrogen-bond acceptors (Lipinski definition) is 7. The van der Waals surface area contributed by atoms with E-state index in [1.165, 1.54) is 0 Å². The SMILES string of the molecule is CC(C)(C)c1cc(NC(=O)Nc2ccc(C#Cc3ccc(OCCCN4CCOCC4)cc3)cn2)no1. The van der Waals surface area contributed by atoms with Gasteiger partial charge in [-0.15, -0.1) is 0 Å². The summed E-state index contributed by atoms with van der Waals surface area (Å²) in [6.45, 7) is 11.4. The Kier molecular flexibility index (Phi) is 8.77. The Morgan fingerprint density at radius 2 is 1.73 bits per heavy atom. The standard InChI is InChI=1S/C28H33N5O4/c1-28(2,3)24-19-26(32-37-24)31-27(34)30-25-12-9-22(20-29-25)6-5-21-7-10-23(11-8-21)36-16-4-13-33-14-17-35-18-15-33/h7-12,19-20H,4,13-18H2,1-3H3,(H2,29,30,31,32,34). The summed E-state index contributed by atoms with van der Waals surface area (Å²) in [5, 5.41) is 9.19. The molecule has 1 aliphatic heterocycles. The van der Waals surface area contributed by atoms with E-state index in [9.17, 15) is 4.79 Å². The van der Waals surface area contributed by atoms with Crippen LogP contribution in [0.3, 0.4) is 0 Å². The van der Waals surface area contributed by atoms with Gasteiger partial charge in [0.2, 0.25) is 0 Å². The molecule has 3 aromatic rings. The fourth-order valence-corrected chi connectivity index (χ4v) is 3.57. The van der Waals surface area contributed by atoms with Crippen molar-refractivity contribution < 1.29 is 18.8 Å². The zero-order chi connectivity index (χ0) is 26.1. The summed E-state index contributed by atoms with van der Waals surface area (Å²) < 4.78 is 16.5. The third-order valence-corrected chi connectivity index (χ3v) is 5.69. The second kappa shape index (κ2) is 12.4. The van der Waals surface area contributed by atoms with E-state index in [0.29, 0.717) is 24.0 Å². The number of amides is 2. The van der Waals surface area contributed by atoms with Crippen LogP contribution in [-0.4, -0.2) is 60.5 Å². The molecule has 0 bridgehead atoms. The molecule has 0 radical (unpaired) electrons. The lowest BCUT2D eigenvalue weighted by Gasteiger charge is -2.26. The van der Waals surface area contributed by atoms with Crippen molar-refractivity contribution in [2.24, 2.45) is 0 Å². The minimum absolute atomic E-state index is 0.194. The number of morpholine rings is 1. The maximum atomic E-state index is 12.2. The topological polar surface area (TPSA) is 102 Å². The van der Waals surface area contributed by atoms with Gasteiger partial charge in [-0.05, 0) is 42.8 Å². The van der Waals surface area contributed by atoms with Crippen molar-refractivity contribution >= 4 is 17.7 Å². The van der Waals surface area contributed by atoms with E-state index in [-0.39, 0.29) is 5.41 Å². The Morgan fingerprint density at radius 1 is 1.03 bits per heavy atom. The van der Waals surface area contributed by atoms with Crippen molar-refractivity contribution in [1.82, 2.24) is 15.0 Å². The van der Waals surface area contributed by atoms with Crippen LogP contribution in [0.4, 0.5) is 16.4 Å². The maximum absolute atomic E-state index is 12.2. The number of urea groups is 1. The lowest BCUT2D eigenvalue weighted by molar-refractivity contribution is 0.0358. The Bertz CT molecular complexity index is 1210. The normalized spacial score (nSPS) is 13.9. The number of hydrogen-bond donors (Lipinski definition) is 2. The molecule has 0 atom stereocenters. The van der Waals surface area contributed by atoms with Crippen LogP contribution in [0.5, 0.6) is 5.75 Å². The quantitative estimate of drug-likeness (QED) is 0.361. The van der Waals surface area contributed by atoms with Gasteiger partial charge in [0.1, 0.15) is 17.3 Å². The number of rotatable bonds is 7. The molecule has 2 aromatic heterocycles. The van der Waals surface area contributed by atoms with E-state index in [4.69, 9.17) is 14.0 Å². The second-order valence-corrected chi connectivity index (χ2v) is 9.77. The number of carbonyl (C=O) groups is 1. The molecule has 1 fully saturated rings. The third-order valence-electron chi connectivity index (χ3n) is 5.69. The summed E-state index contributed by atoms with van der Waals surface area (Å²) >= 11 is 0. The number of carbonyl (C=O) groups excluding carboxylic acids is 1. The first kappa shape index (κ1) is 26.2. The second-order valence-electron chi connectivity index (χ2n) is 9.77. The number of benzene rings is 1. The van der Waals surface area contributed by atoms with Gasteiger partial charge in [-0.2, -0.15) is 0 Å². The molecule has 3 heterocycles. The third kappa shape index (κ3) is 8.34. The van der Waals surface area contributed by atoms with Gasteiger partial charge in [-0.25, -0.2) is 9.78 Å². The average Bonchev–Trinajstić information content (AvgIpc) is 3.37. The molecule has 0 saturated carbocycles. The highest BCUT2D eigenvalue weighted by Crippen LogP contribution is 2.24. The predicted octanol–water partition coefficient (Wildman–Crippen LogP) is 4.51. The van der Waals surface area contributed by atoms with Gasteiger partial charge in [0, 0.05) is 48.4 Å². The van der Waals surface area contributed by atoms with E-state index >= 15 is 0 Å².